The van der Waals surface area contributed by atoms with Crippen molar-refractivity contribution in [3.63, 3.8) is 0 Å². The highest BCUT2D eigenvalue weighted by atomic mass is 16.5. The summed E-state index contributed by atoms with van der Waals surface area (Å²) in [5, 5.41) is 8.93. The molecule has 0 aliphatic heterocycles. The largest absolute Gasteiger partial charge is 0.373 e. The van der Waals surface area contributed by atoms with Gasteiger partial charge in [-0.3, -0.25) is 0 Å². The van der Waals surface area contributed by atoms with E-state index >= 15 is 0 Å². The Kier molecular flexibility index (Phi) is 5.42. The lowest BCUT2D eigenvalue weighted by Crippen LogP contribution is -2.34. The van der Waals surface area contributed by atoms with E-state index in [1.165, 1.54) is 24.8 Å². The Bertz CT molecular complexity index is 515. The third-order valence-electron chi connectivity index (χ3n) is 4.89. The first-order valence-corrected chi connectivity index (χ1v) is 8.12. The van der Waals surface area contributed by atoms with Gasteiger partial charge in [0.2, 0.25) is 0 Å². The zero-order valence-corrected chi connectivity index (χ0v) is 13.7. The molecule has 0 heterocycles. The van der Waals surface area contributed by atoms with Gasteiger partial charge in [0.05, 0.1) is 24.3 Å². The normalized spacial score (nSPS) is 25.8. The fourth-order valence-electron chi connectivity index (χ4n) is 3.43. The summed E-state index contributed by atoms with van der Waals surface area (Å²) in [6.07, 6.45) is 4.18. The van der Waals surface area contributed by atoms with Crippen LogP contribution >= 0.6 is 0 Å². The van der Waals surface area contributed by atoms with E-state index in [1.807, 2.05) is 18.2 Å². The van der Waals surface area contributed by atoms with E-state index in [4.69, 9.17) is 10.00 Å². The molecule has 3 atom stereocenters. The van der Waals surface area contributed by atoms with Crippen molar-refractivity contribution < 1.29 is 4.74 Å². The molecule has 0 saturated heterocycles. The van der Waals surface area contributed by atoms with Crippen LogP contribution in [0.3, 0.4) is 0 Å². The van der Waals surface area contributed by atoms with Crippen LogP contribution in [0.25, 0.3) is 0 Å². The van der Waals surface area contributed by atoms with Gasteiger partial charge < -0.3 is 4.74 Å². The molecule has 0 N–H and O–H groups in total. The molecule has 114 valence electrons. The highest BCUT2D eigenvalue weighted by Gasteiger charge is 2.31. The summed E-state index contributed by atoms with van der Waals surface area (Å²) in [4.78, 5) is 0. The van der Waals surface area contributed by atoms with E-state index in [0.29, 0.717) is 24.5 Å². The van der Waals surface area contributed by atoms with Crippen LogP contribution in [0.2, 0.25) is 0 Å². The smallest absolute Gasteiger partial charge is 0.0991 e. The first-order chi connectivity index (χ1) is 10.0. The molecule has 1 aliphatic rings. The van der Waals surface area contributed by atoms with Gasteiger partial charge in [0.15, 0.2) is 0 Å². The molecule has 3 unspecified atom stereocenters. The number of hydrogen-bond acceptors (Lipinski definition) is 2. The van der Waals surface area contributed by atoms with Crippen LogP contribution in [-0.2, 0) is 11.3 Å². The number of ether oxygens (including phenoxy) is 1. The van der Waals surface area contributed by atoms with Crippen LogP contribution < -0.4 is 0 Å². The average Bonchev–Trinajstić information content (AvgIpc) is 2.45. The minimum Gasteiger partial charge on any atom is -0.373 e. The average molecular weight is 285 g/mol. The molecule has 21 heavy (non-hydrogen) atoms. The van der Waals surface area contributed by atoms with E-state index in [2.05, 4.69) is 33.8 Å². The second-order valence-corrected chi connectivity index (χ2v) is 6.93. The van der Waals surface area contributed by atoms with Crippen LogP contribution in [0.1, 0.15) is 56.7 Å². The highest BCUT2D eigenvalue weighted by molar-refractivity contribution is 5.37. The summed E-state index contributed by atoms with van der Waals surface area (Å²) < 4.78 is 6.28. The van der Waals surface area contributed by atoms with Crippen molar-refractivity contribution in [2.75, 3.05) is 0 Å². The first-order valence-electron chi connectivity index (χ1n) is 8.12. The van der Waals surface area contributed by atoms with Crippen LogP contribution in [0.5, 0.6) is 0 Å². The predicted octanol–water partition coefficient (Wildman–Crippen LogP) is 4.84. The summed E-state index contributed by atoms with van der Waals surface area (Å²) in [7, 11) is 0. The van der Waals surface area contributed by atoms with E-state index in [0.717, 1.165) is 17.0 Å². The molecule has 1 saturated carbocycles. The Balaban J connectivity index is 2.02. The number of hydrogen-bond donors (Lipinski definition) is 0. The molecule has 2 heteroatoms. The molecule has 0 radical (unpaired) electrons. The molecular weight excluding hydrogens is 258 g/mol. The summed E-state index contributed by atoms with van der Waals surface area (Å²) in [6.45, 7) is 9.68. The van der Waals surface area contributed by atoms with Crippen molar-refractivity contribution in [1.29, 1.82) is 5.26 Å². The molecule has 0 amide bonds. The van der Waals surface area contributed by atoms with Crippen molar-refractivity contribution in [2.45, 2.75) is 59.7 Å². The van der Waals surface area contributed by atoms with E-state index < -0.39 is 0 Å². The third kappa shape index (κ3) is 4.08. The van der Waals surface area contributed by atoms with E-state index in [-0.39, 0.29) is 0 Å². The number of nitrogens with zero attached hydrogens (tertiary/aromatic N) is 1. The molecule has 0 spiro atoms. The van der Waals surface area contributed by atoms with Crippen LogP contribution in [0, 0.1) is 36.0 Å². The fraction of sp³-hybridized carbons (Fsp3) is 0.632. The second-order valence-electron chi connectivity index (χ2n) is 6.93. The quantitative estimate of drug-likeness (QED) is 0.792. The Morgan fingerprint density at radius 2 is 2.10 bits per heavy atom. The van der Waals surface area contributed by atoms with Gasteiger partial charge >= 0.3 is 0 Å². The predicted molar refractivity (Wildman–Crippen MR) is 85.8 cm³/mol. The lowest BCUT2D eigenvalue weighted by atomic mass is 9.75. The van der Waals surface area contributed by atoms with Gasteiger partial charge in [0, 0.05) is 0 Å². The molecule has 0 aromatic heterocycles. The molecule has 2 rings (SSSR count). The minimum atomic E-state index is 0.379. The van der Waals surface area contributed by atoms with Crippen molar-refractivity contribution in [2.24, 2.45) is 17.8 Å². The maximum Gasteiger partial charge on any atom is 0.0991 e. The summed E-state index contributed by atoms with van der Waals surface area (Å²) in [5.41, 5.74) is 3.08. The third-order valence-corrected chi connectivity index (χ3v) is 4.89. The molecule has 2 nitrogen and oxygen atoms in total. The number of benzene rings is 1. The van der Waals surface area contributed by atoms with Crippen molar-refractivity contribution >= 4 is 0 Å². The summed E-state index contributed by atoms with van der Waals surface area (Å²) >= 11 is 0. The van der Waals surface area contributed by atoms with E-state index in [9.17, 15) is 0 Å². The Labute approximate surface area is 129 Å². The Morgan fingerprint density at radius 3 is 2.71 bits per heavy atom. The zero-order valence-electron chi connectivity index (χ0n) is 13.7. The standard InChI is InChI=1S/C19H27NO/c1-13(2)18-8-5-14(3)9-19(18)21-12-17-7-6-16(11-20)10-15(17)4/h6-7,10,13-14,18-19H,5,8-9,12H2,1-4H3. The topological polar surface area (TPSA) is 33.0 Å². The fourth-order valence-corrected chi connectivity index (χ4v) is 3.43. The number of aryl methyl sites for hydroxylation is 1. The molecule has 1 aromatic rings. The Hall–Kier alpha value is -1.33. The van der Waals surface area contributed by atoms with Gasteiger partial charge in [-0.1, -0.05) is 33.3 Å². The van der Waals surface area contributed by atoms with Gasteiger partial charge in [-0.05, 0) is 60.8 Å². The SMILES string of the molecule is Cc1cc(C#N)ccc1COC1CC(C)CCC1C(C)C. The molecule has 0 bridgehead atoms. The van der Waals surface area contributed by atoms with Gasteiger partial charge in [-0.25, -0.2) is 0 Å². The van der Waals surface area contributed by atoms with Gasteiger partial charge in [0.1, 0.15) is 0 Å². The first kappa shape index (κ1) is 16.0. The van der Waals surface area contributed by atoms with Crippen LogP contribution in [0.15, 0.2) is 18.2 Å². The number of rotatable bonds is 4. The maximum atomic E-state index is 8.93. The minimum absolute atomic E-state index is 0.379. The highest BCUT2D eigenvalue weighted by Crippen LogP contribution is 2.35. The summed E-state index contributed by atoms with van der Waals surface area (Å²) in [6, 6.07) is 8.05. The van der Waals surface area contributed by atoms with Crippen LogP contribution in [0.4, 0.5) is 0 Å². The molecular formula is C19H27NO. The van der Waals surface area contributed by atoms with E-state index in [1.54, 1.807) is 0 Å². The molecule has 1 fully saturated rings. The van der Waals surface area contributed by atoms with Crippen LogP contribution in [-0.4, -0.2) is 6.10 Å². The maximum absolute atomic E-state index is 8.93. The second kappa shape index (κ2) is 7.09. The lowest BCUT2D eigenvalue weighted by molar-refractivity contribution is -0.0474. The lowest BCUT2D eigenvalue weighted by Gasteiger charge is -2.37. The van der Waals surface area contributed by atoms with Crippen molar-refractivity contribution in [1.82, 2.24) is 0 Å². The van der Waals surface area contributed by atoms with Gasteiger partial charge in [0.25, 0.3) is 0 Å². The monoisotopic (exact) mass is 285 g/mol. The number of nitriles is 1. The molecule has 1 aromatic carbocycles. The van der Waals surface area contributed by atoms with Crippen molar-refractivity contribution in [3.05, 3.63) is 34.9 Å². The van der Waals surface area contributed by atoms with Crippen molar-refractivity contribution in [3.8, 4) is 6.07 Å². The zero-order chi connectivity index (χ0) is 15.4. The molecule has 1 aliphatic carbocycles. The summed E-state index contributed by atoms with van der Waals surface area (Å²) in [5.74, 6) is 2.14. The Morgan fingerprint density at radius 1 is 1.33 bits per heavy atom. The van der Waals surface area contributed by atoms with Gasteiger partial charge in [-0.2, -0.15) is 5.26 Å². The van der Waals surface area contributed by atoms with Gasteiger partial charge in [-0.15, -0.1) is 0 Å².